The molecule has 2 rings (SSSR count). The molecule has 1 aromatic carbocycles. The summed E-state index contributed by atoms with van der Waals surface area (Å²) in [5.41, 5.74) is 7.07. The number of rotatable bonds is 3. The van der Waals surface area contributed by atoms with Crippen LogP contribution >= 0.6 is 11.3 Å². The maximum atomic E-state index is 13.1. The Kier molecular flexibility index (Phi) is 3.85. The molecular weight excluding hydrogens is 263 g/mol. The van der Waals surface area contributed by atoms with Crippen molar-refractivity contribution < 1.29 is 9.18 Å². The van der Waals surface area contributed by atoms with Gasteiger partial charge in [0.05, 0.1) is 10.9 Å². The average molecular weight is 278 g/mol. The smallest absolute Gasteiger partial charge is 0.261 e. The van der Waals surface area contributed by atoms with Crippen LogP contribution in [0.5, 0.6) is 0 Å². The highest BCUT2D eigenvalue weighted by Gasteiger charge is 2.14. The Labute approximate surface area is 115 Å². The van der Waals surface area contributed by atoms with Crippen LogP contribution < -0.4 is 11.1 Å². The summed E-state index contributed by atoms with van der Waals surface area (Å²) in [4.78, 5) is 13.5. The molecule has 19 heavy (non-hydrogen) atoms. The number of nitrogen functional groups attached to an aromatic ring is 1. The van der Waals surface area contributed by atoms with Gasteiger partial charge in [-0.2, -0.15) is 0 Å². The first kappa shape index (κ1) is 13.5. The highest BCUT2D eigenvalue weighted by molar-refractivity contribution is 7.14. The molecule has 3 nitrogen and oxygen atoms in total. The van der Waals surface area contributed by atoms with Gasteiger partial charge in [-0.3, -0.25) is 4.79 Å². The van der Waals surface area contributed by atoms with Gasteiger partial charge in [0, 0.05) is 10.6 Å². The standard InChI is InChI=1S/C14H15FN2OS/c1-8(10-4-3-5-11(15)6-10)17-14(18)13-7-12(16)9(2)19-13/h3-8H,16H2,1-2H3,(H,17,18). The number of thiophene rings is 1. The fraction of sp³-hybridized carbons (Fsp3) is 0.214. The molecule has 0 spiro atoms. The molecule has 0 bridgehead atoms. The summed E-state index contributed by atoms with van der Waals surface area (Å²) in [6.45, 7) is 3.68. The Morgan fingerprint density at radius 3 is 2.74 bits per heavy atom. The minimum Gasteiger partial charge on any atom is -0.398 e. The quantitative estimate of drug-likeness (QED) is 0.905. The molecule has 100 valence electrons. The lowest BCUT2D eigenvalue weighted by Gasteiger charge is -2.13. The highest BCUT2D eigenvalue weighted by Crippen LogP contribution is 2.24. The number of nitrogens with one attached hydrogen (secondary N) is 1. The summed E-state index contributed by atoms with van der Waals surface area (Å²) in [5.74, 6) is -0.503. The van der Waals surface area contributed by atoms with E-state index in [1.54, 1.807) is 18.2 Å². The van der Waals surface area contributed by atoms with Gasteiger partial charge in [0.25, 0.3) is 5.91 Å². The van der Waals surface area contributed by atoms with Crippen LogP contribution in [0.4, 0.5) is 10.1 Å². The predicted octanol–water partition coefficient (Wildman–Crippen LogP) is 3.27. The minimum atomic E-state index is -0.310. The van der Waals surface area contributed by atoms with Crippen LogP contribution in [0.1, 0.15) is 33.1 Å². The normalized spacial score (nSPS) is 12.2. The number of carbonyl (C=O) groups is 1. The number of benzene rings is 1. The maximum absolute atomic E-state index is 13.1. The third kappa shape index (κ3) is 3.12. The molecule has 1 unspecified atom stereocenters. The topological polar surface area (TPSA) is 55.1 Å². The van der Waals surface area contributed by atoms with Crippen LogP contribution in [0.25, 0.3) is 0 Å². The van der Waals surface area contributed by atoms with E-state index in [4.69, 9.17) is 5.73 Å². The van der Waals surface area contributed by atoms with Gasteiger partial charge in [-0.1, -0.05) is 12.1 Å². The average Bonchev–Trinajstić information content (AvgIpc) is 2.69. The first-order valence-corrected chi connectivity index (χ1v) is 6.71. The lowest BCUT2D eigenvalue weighted by molar-refractivity contribution is 0.0944. The second kappa shape index (κ2) is 5.40. The van der Waals surface area contributed by atoms with Crippen molar-refractivity contribution in [2.75, 3.05) is 5.73 Å². The Bertz CT molecular complexity index is 590. The lowest BCUT2D eigenvalue weighted by Crippen LogP contribution is -2.25. The Hall–Kier alpha value is -1.88. The van der Waals surface area contributed by atoms with Gasteiger partial charge in [-0.15, -0.1) is 11.3 Å². The van der Waals surface area contributed by atoms with Crippen molar-refractivity contribution in [1.82, 2.24) is 5.32 Å². The number of hydrogen-bond acceptors (Lipinski definition) is 3. The number of anilines is 1. The third-order valence-corrected chi connectivity index (χ3v) is 3.94. The van der Waals surface area contributed by atoms with Crippen LogP contribution in [0.15, 0.2) is 30.3 Å². The van der Waals surface area contributed by atoms with Crippen molar-refractivity contribution in [2.45, 2.75) is 19.9 Å². The predicted molar refractivity (Wildman–Crippen MR) is 75.7 cm³/mol. The SMILES string of the molecule is Cc1sc(C(=O)NC(C)c2cccc(F)c2)cc1N. The van der Waals surface area contributed by atoms with E-state index in [1.807, 2.05) is 13.8 Å². The first-order valence-electron chi connectivity index (χ1n) is 5.89. The van der Waals surface area contributed by atoms with E-state index in [0.717, 1.165) is 10.4 Å². The largest absolute Gasteiger partial charge is 0.398 e. The van der Waals surface area contributed by atoms with Gasteiger partial charge >= 0.3 is 0 Å². The van der Waals surface area contributed by atoms with Crippen molar-refractivity contribution in [3.8, 4) is 0 Å². The Morgan fingerprint density at radius 1 is 1.42 bits per heavy atom. The molecular formula is C14H15FN2OS. The molecule has 2 aromatic rings. The monoisotopic (exact) mass is 278 g/mol. The van der Waals surface area contributed by atoms with Crippen molar-refractivity contribution in [2.24, 2.45) is 0 Å². The number of nitrogens with two attached hydrogens (primary N) is 1. The second-order valence-electron chi connectivity index (χ2n) is 4.37. The molecule has 1 atom stereocenters. The minimum absolute atomic E-state index is 0.193. The molecule has 0 saturated carbocycles. The van der Waals surface area contributed by atoms with Crippen LogP contribution in [-0.2, 0) is 0 Å². The first-order chi connectivity index (χ1) is 8.97. The molecule has 0 radical (unpaired) electrons. The van der Waals surface area contributed by atoms with Crippen LogP contribution in [-0.4, -0.2) is 5.91 Å². The summed E-state index contributed by atoms with van der Waals surface area (Å²) >= 11 is 1.35. The molecule has 0 aliphatic rings. The molecule has 0 saturated heterocycles. The molecule has 0 aliphatic heterocycles. The second-order valence-corrected chi connectivity index (χ2v) is 5.63. The fourth-order valence-electron chi connectivity index (χ4n) is 1.74. The van der Waals surface area contributed by atoms with Crippen LogP contribution in [0.2, 0.25) is 0 Å². The molecule has 3 N–H and O–H groups in total. The zero-order chi connectivity index (χ0) is 14.0. The fourth-order valence-corrected chi connectivity index (χ4v) is 2.58. The molecule has 1 aromatic heterocycles. The molecule has 0 aliphatic carbocycles. The zero-order valence-corrected chi connectivity index (χ0v) is 11.6. The van der Waals surface area contributed by atoms with Gasteiger partial charge in [-0.05, 0) is 37.6 Å². The van der Waals surface area contributed by atoms with E-state index in [-0.39, 0.29) is 17.8 Å². The van der Waals surface area contributed by atoms with Gasteiger partial charge in [0.15, 0.2) is 0 Å². The number of hydrogen-bond donors (Lipinski definition) is 2. The summed E-state index contributed by atoms with van der Waals surface area (Å²) in [7, 11) is 0. The summed E-state index contributed by atoms with van der Waals surface area (Å²) in [5, 5.41) is 2.83. The number of halogens is 1. The highest BCUT2D eigenvalue weighted by atomic mass is 32.1. The third-order valence-electron chi connectivity index (χ3n) is 2.88. The molecule has 1 heterocycles. The van der Waals surface area contributed by atoms with Gasteiger partial charge in [0.1, 0.15) is 5.82 Å². The summed E-state index contributed by atoms with van der Waals surface area (Å²) in [6.07, 6.45) is 0. The Balaban J connectivity index is 2.10. The maximum Gasteiger partial charge on any atom is 0.261 e. The molecule has 5 heteroatoms. The lowest BCUT2D eigenvalue weighted by atomic mass is 10.1. The summed E-state index contributed by atoms with van der Waals surface area (Å²) in [6, 6.07) is 7.60. The van der Waals surface area contributed by atoms with E-state index < -0.39 is 0 Å². The van der Waals surface area contributed by atoms with E-state index in [2.05, 4.69) is 5.32 Å². The number of amides is 1. The van der Waals surface area contributed by atoms with Gasteiger partial charge < -0.3 is 11.1 Å². The Morgan fingerprint density at radius 2 is 2.16 bits per heavy atom. The van der Waals surface area contributed by atoms with Gasteiger partial charge in [-0.25, -0.2) is 4.39 Å². The molecule has 0 fully saturated rings. The van der Waals surface area contributed by atoms with Crippen molar-refractivity contribution >= 4 is 22.9 Å². The van der Waals surface area contributed by atoms with E-state index in [1.165, 1.54) is 23.5 Å². The van der Waals surface area contributed by atoms with E-state index >= 15 is 0 Å². The summed E-state index contributed by atoms with van der Waals surface area (Å²) < 4.78 is 13.1. The van der Waals surface area contributed by atoms with Crippen LogP contribution in [0.3, 0.4) is 0 Å². The molecule has 1 amide bonds. The van der Waals surface area contributed by atoms with Gasteiger partial charge in [0.2, 0.25) is 0 Å². The van der Waals surface area contributed by atoms with E-state index in [0.29, 0.717) is 10.6 Å². The van der Waals surface area contributed by atoms with E-state index in [9.17, 15) is 9.18 Å². The van der Waals surface area contributed by atoms with Crippen LogP contribution in [0, 0.1) is 12.7 Å². The van der Waals surface area contributed by atoms with Crippen molar-refractivity contribution in [3.05, 3.63) is 51.5 Å². The van der Waals surface area contributed by atoms with Crippen molar-refractivity contribution in [3.63, 3.8) is 0 Å². The zero-order valence-electron chi connectivity index (χ0n) is 10.7. The number of aryl methyl sites for hydroxylation is 1. The van der Waals surface area contributed by atoms with Crippen molar-refractivity contribution in [1.29, 1.82) is 0 Å². The number of carbonyl (C=O) groups excluding carboxylic acids is 1.